The summed E-state index contributed by atoms with van der Waals surface area (Å²) in [7, 11) is 0. The van der Waals surface area contributed by atoms with E-state index in [1.165, 1.54) is 0 Å². The smallest absolute Gasteiger partial charge is 0.239 e. The van der Waals surface area contributed by atoms with E-state index in [4.69, 9.17) is 0 Å². The number of nitrogens with zero attached hydrogens (tertiary/aromatic N) is 2. The Bertz CT molecular complexity index is 301. The third-order valence-electron chi connectivity index (χ3n) is 4.81. The Balaban J connectivity index is 1.87. The van der Waals surface area contributed by atoms with Crippen LogP contribution in [0.4, 0.5) is 0 Å². The monoisotopic (exact) mass is 268 g/mol. The zero-order valence-electron chi connectivity index (χ0n) is 12.3. The van der Waals surface area contributed by atoms with Gasteiger partial charge >= 0.3 is 0 Å². The normalized spacial score (nSPS) is 28.4. The molecule has 0 aliphatic carbocycles. The standard InChI is InChI=1S/C15H28N2O2/c1-12-5-8-16(9-6-12)15(19)13(2)17-7-3-4-14(10-17)11-18/h12-14,18H,3-11H2,1-2H3. The predicted octanol–water partition coefficient (Wildman–Crippen LogP) is 1.34. The first-order valence-corrected chi connectivity index (χ1v) is 7.75. The average Bonchev–Trinajstić information content (AvgIpc) is 2.46. The van der Waals surface area contributed by atoms with E-state index in [1.807, 2.05) is 11.8 Å². The van der Waals surface area contributed by atoms with Crippen molar-refractivity contribution in [1.82, 2.24) is 9.80 Å². The fourth-order valence-corrected chi connectivity index (χ4v) is 3.25. The maximum absolute atomic E-state index is 12.5. The molecule has 0 spiro atoms. The third-order valence-corrected chi connectivity index (χ3v) is 4.81. The summed E-state index contributed by atoms with van der Waals surface area (Å²) in [5.41, 5.74) is 0. The van der Waals surface area contributed by atoms with Crippen molar-refractivity contribution in [2.75, 3.05) is 32.8 Å². The number of rotatable bonds is 3. The van der Waals surface area contributed by atoms with E-state index in [2.05, 4.69) is 11.8 Å². The fraction of sp³-hybridized carbons (Fsp3) is 0.933. The number of carbonyl (C=O) groups excluding carboxylic acids is 1. The molecule has 2 saturated heterocycles. The number of aliphatic hydroxyl groups is 1. The van der Waals surface area contributed by atoms with Gasteiger partial charge in [0, 0.05) is 26.2 Å². The van der Waals surface area contributed by atoms with Crippen molar-refractivity contribution in [2.45, 2.75) is 45.6 Å². The first kappa shape index (κ1) is 14.8. The zero-order valence-corrected chi connectivity index (χ0v) is 12.3. The van der Waals surface area contributed by atoms with Crippen molar-refractivity contribution in [3.8, 4) is 0 Å². The molecule has 110 valence electrons. The van der Waals surface area contributed by atoms with Crippen LogP contribution in [0.3, 0.4) is 0 Å². The summed E-state index contributed by atoms with van der Waals surface area (Å²) in [4.78, 5) is 16.8. The first-order chi connectivity index (χ1) is 9.11. The molecule has 2 aliphatic heterocycles. The van der Waals surface area contributed by atoms with Gasteiger partial charge in [0.15, 0.2) is 0 Å². The van der Waals surface area contributed by atoms with Gasteiger partial charge in [-0.1, -0.05) is 6.92 Å². The van der Waals surface area contributed by atoms with Gasteiger partial charge in [0.25, 0.3) is 0 Å². The molecule has 0 aromatic carbocycles. The lowest BCUT2D eigenvalue weighted by Crippen LogP contribution is -2.52. The molecule has 0 aromatic heterocycles. The molecule has 0 bridgehead atoms. The molecule has 19 heavy (non-hydrogen) atoms. The van der Waals surface area contributed by atoms with Crippen LogP contribution in [0.2, 0.25) is 0 Å². The summed E-state index contributed by atoms with van der Waals surface area (Å²) in [6, 6.07) is -0.0252. The summed E-state index contributed by atoms with van der Waals surface area (Å²) >= 11 is 0. The molecular weight excluding hydrogens is 240 g/mol. The van der Waals surface area contributed by atoms with Crippen molar-refractivity contribution in [2.24, 2.45) is 11.8 Å². The molecule has 2 atom stereocenters. The predicted molar refractivity (Wildman–Crippen MR) is 75.8 cm³/mol. The number of aliphatic hydroxyl groups excluding tert-OH is 1. The minimum absolute atomic E-state index is 0.0252. The number of likely N-dealkylation sites (tertiary alicyclic amines) is 2. The average molecular weight is 268 g/mol. The van der Waals surface area contributed by atoms with Crippen LogP contribution >= 0.6 is 0 Å². The molecule has 2 heterocycles. The van der Waals surface area contributed by atoms with E-state index in [0.717, 1.165) is 57.8 Å². The highest BCUT2D eigenvalue weighted by molar-refractivity contribution is 5.81. The Morgan fingerprint density at radius 1 is 1.26 bits per heavy atom. The highest BCUT2D eigenvalue weighted by Gasteiger charge is 2.30. The topological polar surface area (TPSA) is 43.8 Å². The second-order valence-corrected chi connectivity index (χ2v) is 6.37. The quantitative estimate of drug-likeness (QED) is 0.840. The summed E-state index contributed by atoms with van der Waals surface area (Å²) in [6.07, 6.45) is 4.46. The minimum Gasteiger partial charge on any atom is -0.396 e. The Morgan fingerprint density at radius 3 is 2.58 bits per heavy atom. The fourth-order valence-electron chi connectivity index (χ4n) is 3.25. The van der Waals surface area contributed by atoms with Gasteiger partial charge < -0.3 is 10.0 Å². The Morgan fingerprint density at radius 2 is 1.95 bits per heavy atom. The van der Waals surface area contributed by atoms with E-state index in [0.29, 0.717) is 5.92 Å². The molecule has 4 nitrogen and oxygen atoms in total. The van der Waals surface area contributed by atoms with Crippen LogP contribution in [0, 0.1) is 11.8 Å². The van der Waals surface area contributed by atoms with Gasteiger partial charge in [-0.15, -0.1) is 0 Å². The molecule has 0 aromatic rings. The van der Waals surface area contributed by atoms with E-state index >= 15 is 0 Å². The first-order valence-electron chi connectivity index (χ1n) is 7.75. The highest BCUT2D eigenvalue weighted by atomic mass is 16.3. The van der Waals surface area contributed by atoms with Crippen LogP contribution in [-0.2, 0) is 4.79 Å². The molecule has 4 heteroatoms. The van der Waals surface area contributed by atoms with Crippen LogP contribution in [0.15, 0.2) is 0 Å². The molecule has 1 amide bonds. The molecule has 2 unspecified atom stereocenters. The lowest BCUT2D eigenvalue weighted by atomic mass is 9.96. The van der Waals surface area contributed by atoms with Gasteiger partial charge in [0.05, 0.1) is 6.04 Å². The second kappa shape index (κ2) is 6.71. The summed E-state index contributed by atoms with van der Waals surface area (Å²) in [6.45, 7) is 8.24. The molecule has 0 radical (unpaired) electrons. The van der Waals surface area contributed by atoms with Gasteiger partial charge in [-0.25, -0.2) is 0 Å². The SMILES string of the molecule is CC1CCN(C(=O)C(C)N2CCCC(CO)C2)CC1. The number of hydrogen-bond acceptors (Lipinski definition) is 3. The van der Waals surface area contributed by atoms with Crippen LogP contribution < -0.4 is 0 Å². The van der Waals surface area contributed by atoms with Gasteiger partial charge in [-0.3, -0.25) is 9.69 Å². The molecule has 2 rings (SSSR count). The van der Waals surface area contributed by atoms with Crippen LogP contribution in [0.25, 0.3) is 0 Å². The van der Waals surface area contributed by atoms with Gasteiger partial charge in [-0.2, -0.15) is 0 Å². The maximum atomic E-state index is 12.5. The second-order valence-electron chi connectivity index (χ2n) is 6.37. The van der Waals surface area contributed by atoms with Crippen molar-refractivity contribution in [3.05, 3.63) is 0 Å². The lowest BCUT2D eigenvalue weighted by molar-refractivity contribution is -0.138. The van der Waals surface area contributed by atoms with E-state index in [1.54, 1.807) is 0 Å². The summed E-state index contributed by atoms with van der Waals surface area (Å²) in [5.74, 6) is 1.39. The largest absolute Gasteiger partial charge is 0.396 e. The highest BCUT2D eigenvalue weighted by Crippen LogP contribution is 2.21. The van der Waals surface area contributed by atoms with E-state index in [-0.39, 0.29) is 18.6 Å². The molecule has 2 aliphatic rings. The van der Waals surface area contributed by atoms with E-state index < -0.39 is 0 Å². The van der Waals surface area contributed by atoms with Crippen molar-refractivity contribution >= 4 is 5.91 Å². The molecule has 1 N–H and O–H groups in total. The number of piperidine rings is 2. The Kier molecular flexibility index (Phi) is 5.22. The van der Waals surface area contributed by atoms with Crippen LogP contribution in [0.1, 0.15) is 39.5 Å². The zero-order chi connectivity index (χ0) is 13.8. The Labute approximate surface area is 116 Å². The van der Waals surface area contributed by atoms with Gasteiger partial charge in [0.1, 0.15) is 0 Å². The summed E-state index contributed by atoms with van der Waals surface area (Å²) < 4.78 is 0. The van der Waals surface area contributed by atoms with Gasteiger partial charge in [-0.05, 0) is 51.0 Å². The van der Waals surface area contributed by atoms with E-state index in [9.17, 15) is 9.90 Å². The third kappa shape index (κ3) is 3.69. The van der Waals surface area contributed by atoms with Crippen LogP contribution in [-0.4, -0.2) is 59.6 Å². The van der Waals surface area contributed by atoms with Gasteiger partial charge in [0.2, 0.25) is 5.91 Å². The summed E-state index contributed by atoms with van der Waals surface area (Å²) in [5, 5.41) is 9.29. The maximum Gasteiger partial charge on any atom is 0.239 e. The van der Waals surface area contributed by atoms with Crippen molar-refractivity contribution < 1.29 is 9.90 Å². The van der Waals surface area contributed by atoms with Crippen molar-refractivity contribution in [1.29, 1.82) is 0 Å². The minimum atomic E-state index is -0.0252. The number of amides is 1. The molecule has 0 saturated carbocycles. The Hall–Kier alpha value is -0.610. The molecular formula is C15H28N2O2. The molecule has 2 fully saturated rings. The van der Waals surface area contributed by atoms with Crippen molar-refractivity contribution in [3.63, 3.8) is 0 Å². The number of carbonyl (C=O) groups is 1. The van der Waals surface area contributed by atoms with Crippen LogP contribution in [0.5, 0.6) is 0 Å². The number of hydrogen-bond donors (Lipinski definition) is 1. The lowest BCUT2D eigenvalue weighted by Gasteiger charge is -2.39.